The molecule has 2 aromatic carbocycles. The zero-order chi connectivity index (χ0) is 23.0. The van der Waals surface area contributed by atoms with Gasteiger partial charge in [-0.05, 0) is 22.6 Å². The maximum Gasteiger partial charge on any atom is 0.236 e. The van der Waals surface area contributed by atoms with Crippen LogP contribution in [-0.2, 0) is 12.1 Å². The van der Waals surface area contributed by atoms with Crippen molar-refractivity contribution < 1.29 is 18.7 Å². The van der Waals surface area contributed by atoms with E-state index in [1.807, 2.05) is 60.7 Å². The van der Waals surface area contributed by atoms with Crippen LogP contribution in [0.1, 0.15) is 35.6 Å². The molecule has 0 saturated carbocycles. The third-order valence-electron chi connectivity index (χ3n) is 7.56. The van der Waals surface area contributed by atoms with E-state index in [4.69, 9.17) is 9.15 Å². The number of oxazole rings is 1. The summed E-state index contributed by atoms with van der Waals surface area (Å²) in [6, 6.07) is 21.3. The highest BCUT2D eigenvalue weighted by Crippen LogP contribution is 2.40. The van der Waals surface area contributed by atoms with E-state index in [1.165, 1.54) is 12.8 Å². The molecular weight excluding hydrogens is 444 g/mol. The highest BCUT2D eigenvalue weighted by atomic mass is 32.1. The van der Waals surface area contributed by atoms with Crippen LogP contribution in [0.25, 0.3) is 0 Å². The minimum absolute atomic E-state index is 0.241. The van der Waals surface area contributed by atoms with Gasteiger partial charge in [-0.15, -0.1) is 11.3 Å². The van der Waals surface area contributed by atoms with Gasteiger partial charge in [-0.25, -0.2) is 4.98 Å². The Labute approximate surface area is 203 Å². The first-order chi connectivity index (χ1) is 16.6. The molecule has 0 spiro atoms. The van der Waals surface area contributed by atoms with Gasteiger partial charge in [0.1, 0.15) is 18.8 Å². The molecule has 34 heavy (non-hydrogen) atoms. The summed E-state index contributed by atoms with van der Waals surface area (Å²) in [5.41, 5.74) is 0.0367. The molecule has 3 aliphatic heterocycles. The first-order valence-electron chi connectivity index (χ1n) is 12.0. The van der Waals surface area contributed by atoms with Crippen LogP contribution >= 0.6 is 11.3 Å². The fourth-order valence-corrected chi connectivity index (χ4v) is 6.28. The molecular formula is C28H29N2O3S+. The number of aliphatic hydroxyl groups is 1. The van der Waals surface area contributed by atoms with Crippen LogP contribution in [0.4, 0.5) is 0 Å². The Bertz CT molecular complexity index is 1180. The Morgan fingerprint density at radius 2 is 1.68 bits per heavy atom. The van der Waals surface area contributed by atoms with Gasteiger partial charge in [-0.1, -0.05) is 60.7 Å². The fraction of sp³-hybridized carbons (Fsp3) is 0.321. The molecule has 3 saturated heterocycles. The Morgan fingerprint density at radius 3 is 2.29 bits per heavy atom. The Hall–Kier alpha value is -2.93. The van der Waals surface area contributed by atoms with Crippen molar-refractivity contribution in [3.63, 3.8) is 0 Å². The van der Waals surface area contributed by atoms with Crippen LogP contribution in [0.5, 0.6) is 5.75 Å². The van der Waals surface area contributed by atoms with Crippen molar-refractivity contribution in [2.75, 3.05) is 19.6 Å². The lowest BCUT2D eigenvalue weighted by molar-refractivity contribution is -0.958. The number of hydrogen-bond acceptors (Lipinski definition) is 5. The summed E-state index contributed by atoms with van der Waals surface area (Å²) >= 11 is 1.67. The Balaban J connectivity index is 1.28. The van der Waals surface area contributed by atoms with E-state index in [0.717, 1.165) is 53.3 Å². The molecule has 2 bridgehead atoms. The zero-order valence-electron chi connectivity index (χ0n) is 19.0. The Kier molecular flexibility index (Phi) is 5.52. The van der Waals surface area contributed by atoms with Gasteiger partial charge < -0.3 is 18.7 Å². The summed E-state index contributed by atoms with van der Waals surface area (Å²) in [5.74, 6) is 2.75. The van der Waals surface area contributed by atoms with E-state index >= 15 is 0 Å². The summed E-state index contributed by atoms with van der Waals surface area (Å²) in [4.78, 5) is 4.61. The number of quaternary nitrogens is 1. The van der Waals surface area contributed by atoms with Crippen molar-refractivity contribution in [2.45, 2.75) is 31.1 Å². The smallest absolute Gasteiger partial charge is 0.236 e. The van der Waals surface area contributed by atoms with Gasteiger partial charge in [0.05, 0.1) is 19.3 Å². The second kappa shape index (κ2) is 8.69. The third kappa shape index (κ3) is 3.86. The predicted octanol–water partition coefficient (Wildman–Crippen LogP) is 5.21. The largest absolute Gasteiger partial charge is 0.483 e. The minimum atomic E-state index is -1.44. The molecule has 2 aromatic heterocycles. The van der Waals surface area contributed by atoms with Crippen LogP contribution in [-0.4, -0.2) is 40.3 Å². The predicted molar refractivity (Wildman–Crippen MR) is 132 cm³/mol. The van der Waals surface area contributed by atoms with Gasteiger partial charge in [-0.3, -0.25) is 0 Å². The number of rotatable bonds is 7. The monoisotopic (exact) mass is 473 g/mol. The minimum Gasteiger partial charge on any atom is -0.483 e. The number of nitrogens with zero attached hydrogens (tertiary/aromatic N) is 2. The van der Waals surface area contributed by atoms with Gasteiger partial charge in [-0.2, -0.15) is 0 Å². The van der Waals surface area contributed by atoms with Crippen LogP contribution in [0.2, 0.25) is 0 Å². The zero-order valence-corrected chi connectivity index (χ0v) is 19.9. The quantitative estimate of drug-likeness (QED) is 0.375. The van der Waals surface area contributed by atoms with Crippen molar-refractivity contribution in [2.24, 2.45) is 5.92 Å². The topological polar surface area (TPSA) is 55.5 Å². The fourth-order valence-electron chi connectivity index (χ4n) is 5.72. The van der Waals surface area contributed by atoms with Gasteiger partial charge >= 0.3 is 0 Å². The third-order valence-corrected chi connectivity index (χ3v) is 8.22. The number of hydrogen-bond donors (Lipinski definition) is 1. The molecule has 0 amide bonds. The van der Waals surface area contributed by atoms with E-state index in [9.17, 15) is 5.11 Å². The SMILES string of the molecule is OC(c1ccccc1)(c1ccccc1)c1ncc(C[N+]23CCC(CC2)[C@@H](Oc2ccsc2)C3)o1. The van der Waals surface area contributed by atoms with Crippen molar-refractivity contribution in [3.05, 3.63) is 106 Å². The van der Waals surface area contributed by atoms with Crippen LogP contribution < -0.4 is 4.74 Å². The normalized spacial score (nSPS) is 24.3. The van der Waals surface area contributed by atoms with Gasteiger partial charge in [0, 0.05) is 24.1 Å². The van der Waals surface area contributed by atoms with Crippen molar-refractivity contribution >= 4 is 11.3 Å². The number of fused-ring (bicyclic) bond motifs is 3. The van der Waals surface area contributed by atoms with Gasteiger partial charge in [0.2, 0.25) is 5.89 Å². The molecule has 1 N–H and O–H groups in total. The lowest BCUT2D eigenvalue weighted by Gasteiger charge is -2.51. The van der Waals surface area contributed by atoms with Crippen molar-refractivity contribution in [1.82, 2.24) is 4.98 Å². The van der Waals surface area contributed by atoms with Crippen LogP contribution in [0.3, 0.4) is 0 Å². The second-order valence-electron chi connectivity index (χ2n) is 9.66. The average molecular weight is 474 g/mol. The Morgan fingerprint density at radius 1 is 1.00 bits per heavy atom. The highest BCUT2D eigenvalue weighted by molar-refractivity contribution is 7.08. The maximum atomic E-state index is 12.0. The maximum absolute atomic E-state index is 12.0. The lowest BCUT2D eigenvalue weighted by Crippen LogP contribution is -2.64. The molecule has 0 radical (unpaired) electrons. The first-order valence-corrected chi connectivity index (χ1v) is 12.9. The molecule has 4 aromatic rings. The molecule has 6 heteroatoms. The molecule has 7 rings (SSSR count). The van der Waals surface area contributed by atoms with E-state index < -0.39 is 5.60 Å². The van der Waals surface area contributed by atoms with Crippen LogP contribution in [0, 0.1) is 5.92 Å². The molecule has 0 aliphatic carbocycles. The second-order valence-corrected chi connectivity index (χ2v) is 10.4. The van der Waals surface area contributed by atoms with Gasteiger partial charge in [0.25, 0.3) is 0 Å². The number of piperidine rings is 3. The molecule has 1 atom stereocenters. The molecule has 3 aliphatic rings. The number of aromatic nitrogens is 1. The summed E-state index contributed by atoms with van der Waals surface area (Å²) in [6.45, 7) is 4.01. The van der Waals surface area contributed by atoms with E-state index in [2.05, 4.69) is 21.8 Å². The van der Waals surface area contributed by atoms with Crippen LogP contribution in [0.15, 0.2) is 88.1 Å². The number of ether oxygens (including phenoxy) is 1. The standard InChI is InChI=1S/C28H29N2O3S/c31-28(22-7-3-1-4-8-22,23-9-5-2-6-10-23)27-29-17-25(33-27)18-30-14-11-21(12-15-30)26(19-30)32-24-13-16-34-20-24/h1-10,13,16-17,20-21,26,31H,11-12,14-15,18-19H2/q+1/t21?,26-,30?/m0/s1. The van der Waals surface area contributed by atoms with Gasteiger partial charge in [0.15, 0.2) is 17.5 Å². The lowest BCUT2D eigenvalue weighted by atomic mass is 9.83. The number of thiophene rings is 1. The summed E-state index contributed by atoms with van der Waals surface area (Å²) in [7, 11) is 0. The highest BCUT2D eigenvalue weighted by Gasteiger charge is 2.48. The van der Waals surface area contributed by atoms with Crippen molar-refractivity contribution in [3.8, 4) is 5.75 Å². The molecule has 174 valence electrons. The number of benzene rings is 2. The molecule has 0 unspecified atom stereocenters. The summed E-state index contributed by atoms with van der Waals surface area (Å²) < 4.78 is 13.7. The van der Waals surface area contributed by atoms with E-state index in [1.54, 1.807) is 17.5 Å². The molecule has 5 heterocycles. The van der Waals surface area contributed by atoms with E-state index in [0.29, 0.717) is 11.8 Å². The summed E-state index contributed by atoms with van der Waals surface area (Å²) in [5, 5.41) is 16.1. The first kappa shape index (κ1) is 21.6. The van der Waals surface area contributed by atoms with E-state index in [-0.39, 0.29) is 6.10 Å². The molecule has 5 nitrogen and oxygen atoms in total. The average Bonchev–Trinajstić information content (AvgIpc) is 3.58. The van der Waals surface area contributed by atoms with Crippen molar-refractivity contribution in [1.29, 1.82) is 0 Å². The molecule has 3 fully saturated rings. The summed E-state index contributed by atoms with van der Waals surface area (Å²) in [6.07, 6.45) is 4.39.